The number of amides is 2. The summed E-state index contributed by atoms with van der Waals surface area (Å²) in [5.74, 6) is -0.218. The molecule has 2 heterocycles. The van der Waals surface area contributed by atoms with Crippen LogP contribution in [0.15, 0.2) is 79.8 Å². The molecule has 2 amide bonds. The van der Waals surface area contributed by atoms with Crippen LogP contribution in [0.3, 0.4) is 0 Å². The lowest BCUT2D eigenvalue weighted by Gasteiger charge is -2.15. The fraction of sp³-hybridized carbons (Fsp3) is 0.0417. The molecule has 0 bridgehead atoms. The smallest absolute Gasteiger partial charge is 0.257 e. The second kappa shape index (κ2) is 10.5. The number of carbonyl (C=O) groups excluding carboxylic acids is 2. The molecule has 0 atom stereocenters. The third-order valence-corrected chi connectivity index (χ3v) is 4.98. The van der Waals surface area contributed by atoms with Crippen molar-refractivity contribution >= 4 is 57.9 Å². The maximum atomic E-state index is 13.1. The first kappa shape index (κ1) is 23.5. The Bertz CT molecular complexity index is 1390. The lowest BCUT2D eigenvalue weighted by Crippen LogP contribution is -2.15. The molecule has 10 nitrogen and oxygen atoms in total. The quantitative estimate of drug-likeness (QED) is 0.264. The summed E-state index contributed by atoms with van der Waals surface area (Å²) < 4.78 is 1.64. The molecule has 4 rings (SSSR count). The topological polar surface area (TPSA) is 126 Å². The summed E-state index contributed by atoms with van der Waals surface area (Å²) in [6.07, 6.45) is 5.98. The molecule has 4 aromatic rings. The molecule has 0 saturated carbocycles. The number of nitrogens with zero attached hydrogens (tertiary/aromatic N) is 4. The third-order valence-electron chi connectivity index (χ3n) is 4.71. The van der Waals surface area contributed by atoms with Crippen LogP contribution in [0.5, 0.6) is 0 Å². The van der Waals surface area contributed by atoms with Crippen molar-refractivity contribution < 1.29 is 9.59 Å². The summed E-state index contributed by atoms with van der Waals surface area (Å²) in [5, 5.41) is 16.0. The highest BCUT2D eigenvalue weighted by molar-refractivity contribution is 6.33. The fourth-order valence-corrected chi connectivity index (χ4v) is 3.23. The first-order valence-corrected chi connectivity index (χ1v) is 10.8. The molecule has 0 radical (unpaired) electrons. The van der Waals surface area contributed by atoms with E-state index in [0.717, 1.165) is 6.08 Å². The van der Waals surface area contributed by atoms with E-state index in [1.165, 1.54) is 6.20 Å². The Morgan fingerprint density at radius 2 is 1.80 bits per heavy atom. The average Bonchev–Trinajstić information content (AvgIpc) is 3.26. The first-order valence-electron chi connectivity index (χ1n) is 10.4. The van der Waals surface area contributed by atoms with Gasteiger partial charge in [0.05, 0.1) is 29.3 Å². The van der Waals surface area contributed by atoms with Crippen molar-refractivity contribution in [3.63, 3.8) is 0 Å². The summed E-state index contributed by atoms with van der Waals surface area (Å²) in [6, 6.07) is 13.9. The van der Waals surface area contributed by atoms with E-state index in [9.17, 15) is 9.59 Å². The van der Waals surface area contributed by atoms with Gasteiger partial charge < -0.3 is 21.3 Å². The van der Waals surface area contributed by atoms with Gasteiger partial charge in [-0.1, -0.05) is 36.4 Å². The number of halogens is 1. The van der Waals surface area contributed by atoms with Crippen molar-refractivity contribution in [1.29, 1.82) is 0 Å². The highest BCUT2D eigenvalue weighted by Gasteiger charge is 2.16. The Hall–Kier alpha value is -4.70. The van der Waals surface area contributed by atoms with Gasteiger partial charge in [-0.25, -0.2) is 4.98 Å². The Morgan fingerprint density at radius 3 is 2.51 bits per heavy atom. The standard InChI is InChI=1S/C24H21ClN8O2/c1-3-21(34)28-16-9-10-18(23(35)29-15-7-5-4-6-8-15)20(11-16)31-22-19(25)13-26-24(32-22)30-17-12-27-33(2)14-17/h3-14H,1H2,2H3,(H,28,34)(H,29,35)(H2,26,30,31,32). The van der Waals surface area contributed by atoms with E-state index in [2.05, 4.69) is 42.9 Å². The van der Waals surface area contributed by atoms with Gasteiger partial charge in [0.1, 0.15) is 5.02 Å². The molecular weight excluding hydrogens is 468 g/mol. The van der Waals surface area contributed by atoms with Gasteiger partial charge in [-0.2, -0.15) is 10.1 Å². The van der Waals surface area contributed by atoms with Gasteiger partial charge in [0.25, 0.3) is 5.91 Å². The Balaban J connectivity index is 1.66. The molecule has 4 N–H and O–H groups in total. The van der Waals surface area contributed by atoms with E-state index >= 15 is 0 Å². The van der Waals surface area contributed by atoms with Crippen molar-refractivity contribution in [3.05, 3.63) is 90.4 Å². The molecule has 0 spiro atoms. The Morgan fingerprint density at radius 1 is 1.00 bits per heavy atom. The zero-order valence-electron chi connectivity index (χ0n) is 18.6. The minimum Gasteiger partial charge on any atom is -0.338 e. The number of benzene rings is 2. The Kier molecular flexibility index (Phi) is 7.03. The number of rotatable bonds is 8. The third kappa shape index (κ3) is 6.01. The predicted octanol–water partition coefficient (Wildman–Crippen LogP) is 4.73. The summed E-state index contributed by atoms with van der Waals surface area (Å²) in [6.45, 7) is 3.46. The molecule has 2 aromatic heterocycles. The largest absolute Gasteiger partial charge is 0.338 e. The molecule has 0 aliphatic rings. The number of aryl methyl sites for hydroxylation is 1. The SMILES string of the molecule is C=CC(=O)Nc1ccc(C(=O)Nc2ccccc2)c(Nc2nc(Nc3cnn(C)c3)ncc2Cl)c1. The summed E-state index contributed by atoms with van der Waals surface area (Å²) in [7, 11) is 1.79. The molecule has 11 heteroatoms. The van der Waals surface area contributed by atoms with E-state index < -0.39 is 0 Å². The molecule has 0 unspecified atom stereocenters. The maximum absolute atomic E-state index is 13.1. The summed E-state index contributed by atoms with van der Waals surface area (Å²) in [4.78, 5) is 33.5. The second-order valence-corrected chi connectivity index (χ2v) is 7.72. The second-order valence-electron chi connectivity index (χ2n) is 7.32. The molecule has 0 saturated heterocycles. The molecule has 0 fully saturated rings. The van der Waals surface area contributed by atoms with Crippen LogP contribution in [0.4, 0.5) is 34.5 Å². The van der Waals surface area contributed by atoms with Crippen LogP contribution < -0.4 is 21.3 Å². The number of para-hydroxylation sites is 1. The number of hydrogen-bond donors (Lipinski definition) is 4. The monoisotopic (exact) mass is 488 g/mol. The van der Waals surface area contributed by atoms with E-state index in [-0.39, 0.29) is 28.6 Å². The number of anilines is 6. The van der Waals surface area contributed by atoms with Crippen LogP contribution in [0.2, 0.25) is 5.02 Å². The van der Waals surface area contributed by atoms with Crippen LogP contribution in [0.25, 0.3) is 0 Å². The Labute approximate surface area is 206 Å². The highest BCUT2D eigenvalue weighted by Crippen LogP contribution is 2.29. The van der Waals surface area contributed by atoms with Gasteiger partial charge in [0.15, 0.2) is 5.82 Å². The first-order chi connectivity index (χ1) is 16.9. The van der Waals surface area contributed by atoms with Gasteiger partial charge in [-0.3, -0.25) is 14.3 Å². The highest BCUT2D eigenvalue weighted by atomic mass is 35.5. The van der Waals surface area contributed by atoms with Crippen molar-refractivity contribution in [2.75, 3.05) is 21.3 Å². The van der Waals surface area contributed by atoms with Crippen molar-refractivity contribution in [2.24, 2.45) is 7.05 Å². The normalized spacial score (nSPS) is 10.3. The molecule has 0 aliphatic heterocycles. The van der Waals surface area contributed by atoms with E-state index in [1.54, 1.807) is 54.5 Å². The number of nitrogens with one attached hydrogen (secondary N) is 4. The van der Waals surface area contributed by atoms with Gasteiger partial charge >= 0.3 is 0 Å². The number of carbonyl (C=O) groups is 2. The number of hydrogen-bond acceptors (Lipinski definition) is 7. The average molecular weight is 489 g/mol. The molecule has 2 aromatic carbocycles. The zero-order chi connectivity index (χ0) is 24.8. The minimum atomic E-state index is -0.388. The molecular formula is C24H21ClN8O2. The maximum Gasteiger partial charge on any atom is 0.257 e. The van der Waals surface area contributed by atoms with E-state index in [0.29, 0.717) is 28.3 Å². The van der Waals surface area contributed by atoms with Crippen LogP contribution in [-0.4, -0.2) is 31.6 Å². The van der Waals surface area contributed by atoms with Crippen molar-refractivity contribution in [2.45, 2.75) is 0 Å². The van der Waals surface area contributed by atoms with Crippen molar-refractivity contribution in [3.8, 4) is 0 Å². The fourth-order valence-electron chi connectivity index (χ4n) is 3.09. The van der Waals surface area contributed by atoms with Crippen molar-refractivity contribution in [1.82, 2.24) is 19.7 Å². The van der Waals surface area contributed by atoms with Crippen LogP contribution >= 0.6 is 11.6 Å². The summed E-state index contributed by atoms with van der Waals surface area (Å²) >= 11 is 6.35. The predicted molar refractivity (Wildman–Crippen MR) is 136 cm³/mol. The lowest BCUT2D eigenvalue weighted by atomic mass is 10.1. The van der Waals surface area contributed by atoms with Crippen LogP contribution in [0, 0.1) is 0 Å². The lowest BCUT2D eigenvalue weighted by molar-refractivity contribution is -0.111. The molecule has 176 valence electrons. The van der Waals surface area contributed by atoms with Gasteiger partial charge in [-0.05, 0) is 36.4 Å². The van der Waals surface area contributed by atoms with Gasteiger partial charge in [-0.15, -0.1) is 0 Å². The van der Waals surface area contributed by atoms with Gasteiger partial charge in [0.2, 0.25) is 11.9 Å². The zero-order valence-corrected chi connectivity index (χ0v) is 19.4. The van der Waals surface area contributed by atoms with Gasteiger partial charge in [0, 0.05) is 24.6 Å². The summed E-state index contributed by atoms with van der Waals surface area (Å²) in [5.41, 5.74) is 2.45. The van der Waals surface area contributed by atoms with Crippen LogP contribution in [-0.2, 0) is 11.8 Å². The molecule has 35 heavy (non-hydrogen) atoms. The van der Waals surface area contributed by atoms with Crippen LogP contribution in [0.1, 0.15) is 10.4 Å². The van der Waals surface area contributed by atoms with E-state index in [4.69, 9.17) is 11.6 Å². The molecule has 0 aliphatic carbocycles. The van der Waals surface area contributed by atoms with E-state index in [1.807, 2.05) is 18.2 Å². The number of aromatic nitrogens is 4. The minimum absolute atomic E-state index is 0.233.